The first-order valence-corrected chi connectivity index (χ1v) is 5.23. The summed E-state index contributed by atoms with van der Waals surface area (Å²) in [5.41, 5.74) is 6.73. The van der Waals surface area contributed by atoms with Crippen LogP contribution in [0.2, 0.25) is 5.02 Å². The van der Waals surface area contributed by atoms with Crippen molar-refractivity contribution in [1.29, 1.82) is 0 Å². The summed E-state index contributed by atoms with van der Waals surface area (Å²) in [4.78, 5) is 0. The summed E-state index contributed by atoms with van der Waals surface area (Å²) in [6.45, 7) is 1.92. The Hall–Kier alpha value is -0.970. The fourth-order valence-corrected chi connectivity index (χ4v) is 2.04. The van der Waals surface area contributed by atoms with E-state index in [1.165, 1.54) is 14.2 Å². The first-order valence-electron chi connectivity index (χ1n) is 4.85. The number of rotatable bonds is 4. The standard InChI is InChI=1S/C11H16ClNO3/c1-6-4-8(15-2)9(7(14)5-13)10(12)11(6)16-3/h4,7,14H,5,13H2,1-3H3. The molecule has 0 saturated carbocycles. The summed E-state index contributed by atoms with van der Waals surface area (Å²) in [7, 11) is 3.05. The molecular formula is C11H16ClNO3. The highest BCUT2D eigenvalue weighted by Gasteiger charge is 2.21. The van der Waals surface area contributed by atoms with Gasteiger partial charge in [-0.05, 0) is 18.6 Å². The maximum atomic E-state index is 9.79. The molecule has 4 nitrogen and oxygen atoms in total. The molecule has 1 unspecified atom stereocenters. The molecule has 0 aromatic heterocycles. The molecule has 0 fully saturated rings. The van der Waals surface area contributed by atoms with Gasteiger partial charge >= 0.3 is 0 Å². The van der Waals surface area contributed by atoms with Gasteiger partial charge in [0.15, 0.2) is 0 Å². The van der Waals surface area contributed by atoms with Crippen molar-refractivity contribution in [3.05, 3.63) is 22.2 Å². The fourth-order valence-electron chi connectivity index (χ4n) is 1.59. The van der Waals surface area contributed by atoms with Gasteiger partial charge in [-0.1, -0.05) is 11.6 Å². The van der Waals surface area contributed by atoms with Gasteiger partial charge in [0.25, 0.3) is 0 Å². The van der Waals surface area contributed by atoms with Crippen molar-refractivity contribution in [1.82, 2.24) is 0 Å². The normalized spacial score (nSPS) is 12.4. The van der Waals surface area contributed by atoms with Gasteiger partial charge in [0.2, 0.25) is 0 Å². The Labute approximate surface area is 99.9 Å². The van der Waals surface area contributed by atoms with Crippen LogP contribution in [0.5, 0.6) is 11.5 Å². The van der Waals surface area contributed by atoms with Crippen molar-refractivity contribution in [3.63, 3.8) is 0 Å². The third kappa shape index (κ3) is 2.24. The first kappa shape index (κ1) is 13.1. The summed E-state index contributed by atoms with van der Waals surface area (Å²) < 4.78 is 10.3. The lowest BCUT2D eigenvalue weighted by atomic mass is 10.0. The second kappa shape index (κ2) is 5.39. The lowest BCUT2D eigenvalue weighted by molar-refractivity contribution is 0.181. The predicted molar refractivity (Wildman–Crippen MR) is 63.3 cm³/mol. The second-order valence-corrected chi connectivity index (χ2v) is 3.79. The van der Waals surface area contributed by atoms with Crippen LogP contribution in [0.1, 0.15) is 17.2 Å². The molecule has 0 radical (unpaired) electrons. The van der Waals surface area contributed by atoms with Gasteiger partial charge in [0.05, 0.1) is 25.3 Å². The minimum atomic E-state index is -0.864. The molecule has 1 aromatic rings. The molecule has 0 aliphatic heterocycles. The van der Waals surface area contributed by atoms with E-state index in [0.29, 0.717) is 22.1 Å². The maximum Gasteiger partial charge on any atom is 0.141 e. The molecule has 90 valence electrons. The maximum absolute atomic E-state index is 9.79. The molecule has 0 bridgehead atoms. The Kier molecular flexibility index (Phi) is 4.41. The second-order valence-electron chi connectivity index (χ2n) is 3.41. The minimum absolute atomic E-state index is 0.0717. The molecule has 0 amide bonds. The SMILES string of the molecule is COc1cc(C)c(OC)c(Cl)c1C(O)CN. The van der Waals surface area contributed by atoms with Gasteiger partial charge in [-0.2, -0.15) is 0 Å². The van der Waals surface area contributed by atoms with Crippen molar-refractivity contribution < 1.29 is 14.6 Å². The number of hydrogen-bond acceptors (Lipinski definition) is 4. The number of ether oxygens (including phenoxy) is 2. The Bertz CT molecular complexity index is 382. The molecule has 3 N–H and O–H groups in total. The average Bonchev–Trinajstić information content (AvgIpc) is 2.27. The number of hydrogen-bond donors (Lipinski definition) is 2. The van der Waals surface area contributed by atoms with Gasteiger partial charge in [-0.3, -0.25) is 0 Å². The Morgan fingerprint density at radius 3 is 2.50 bits per heavy atom. The van der Waals surface area contributed by atoms with Crippen LogP contribution in [0.3, 0.4) is 0 Å². The summed E-state index contributed by atoms with van der Waals surface area (Å²) >= 11 is 6.15. The van der Waals surface area contributed by atoms with Crippen molar-refractivity contribution in [2.24, 2.45) is 5.73 Å². The molecule has 5 heteroatoms. The number of nitrogens with two attached hydrogens (primary N) is 1. The molecular weight excluding hydrogens is 230 g/mol. The van der Waals surface area contributed by atoms with Crippen LogP contribution < -0.4 is 15.2 Å². The number of benzene rings is 1. The Morgan fingerprint density at radius 2 is 2.06 bits per heavy atom. The Balaban J connectivity index is 3.43. The molecule has 0 aliphatic carbocycles. The summed E-state index contributed by atoms with van der Waals surface area (Å²) in [5.74, 6) is 1.05. The van der Waals surface area contributed by atoms with E-state index >= 15 is 0 Å². The van der Waals surface area contributed by atoms with Crippen molar-refractivity contribution in [2.45, 2.75) is 13.0 Å². The van der Waals surface area contributed by atoms with Crippen molar-refractivity contribution in [3.8, 4) is 11.5 Å². The van der Waals surface area contributed by atoms with Crippen LogP contribution in [-0.4, -0.2) is 25.9 Å². The van der Waals surface area contributed by atoms with E-state index in [9.17, 15) is 5.11 Å². The molecule has 1 aromatic carbocycles. The van der Waals surface area contributed by atoms with Crippen LogP contribution in [0.4, 0.5) is 0 Å². The third-order valence-electron chi connectivity index (χ3n) is 2.39. The van der Waals surface area contributed by atoms with Crippen molar-refractivity contribution >= 4 is 11.6 Å². The zero-order chi connectivity index (χ0) is 12.3. The van der Waals surface area contributed by atoms with Crippen LogP contribution in [0.15, 0.2) is 6.07 Å². The van der Waals surface area contributed by atoms with Crippen LogP contribution in [0.25, 0.3) is 0 Å². The van der Waals surface area contributed by atoms with E-state index in [0.717, 1.165) is 5.56 Å². The number of aliphatic hydroxyl groups is 1. The highest BCUT2D eigenvalue weighted by atomic mass is 35.5. The lowest BCUT2D eigenvalue weighted by Crippen LogP contribution is -2.13. The van der Waals surface area contributed by atoms with Gasteiger partial charge in [-0.15, -0.1) is 0 Å². The minimum Gasteiger partial charge on any atom is -0.496 e. The quantitative estimate of drug-likeness (QED) is 0.847. The third-order valence-corrected chi connectivity index (χ3v) is 2.76. The predicted octanol–water partition coefficient (Wildman–Crippen LogP) is 1.66. The van der Waals surface area contributed by atoms with E-state index in [4.69, 9.17) is 26.8 Å². The topological polar surface area (TPSA) is 64.7 Å². The lowest BCUT2D eigenvalue weighted by Gasteiger charge is -2.18. The largest absolute Gasteiger partial charge is 0.496 e. The zero-order valence-corrected chi connectivity index (χ0v) is 10.3. The number of aliphatic hydroxyl groups excluding tert-OH is 1. The van der Waals surface area contributed by atoms with Gasteiger partial charge in [0.1, 0.15) is 11.5 Å². The molecule has 0 aliphatic rings. The van der Waals surface area contributed by atoms with Gasteiger partial charge in [-0.25, -0.2) is 0 Å². The highest BCUT2D eigenvalue weighted by Crippen LogP contribution is 2.40. The fraction of sp³-hybridized carbons (Fsp3) is 0.455. The average molecular weight is 246 g/mol. The summed E-state index contributed by atoms with van der Waals surface area (Å²) in [5, 5.41) is 10.1. The molecule has 0 heterocycles. The number of halogens is 1. The van der Waals surface area contributed by atoms with Crippen LogP contribution >= 0.6 is 11.6 Å². The molecule has 1 rings (SSSR count). The zero-order valence-electron chi connectivity index (χ0n) is 9.58. The first-order chi connectivity index (χ1) is 7.56. The summed E-state index contributed by atoms with van der Waals surface area (Å²) in [6, 6.07) is 1.76. The van der Waals surface area contributed by atoms with Crippen LogP contribution in [-0.2, 0) is 0 Å². The van der Waals surface area contributed by atoms with E-state index in [1.807, 2.05) is 6.92 Å². The molecule has 0 saturated heterocycles. The van der Waals surface area contributed by atoms with Crippen LogP contribution in [0, 0.1) is 6.92 Å². The number of aryl methyl sites for hydroxylation is 1. The van der Waals surface area contributed by atoms with Gasteiger partial charge in [0, 0.05) is 12.1 Å². The summed E-state index contributed by atoms with van der Waals surface area (Å²) in [6.07, 6.45) is -0.864. The molecule has 16 heavy (non-hydrogen) atoms. The van der Waals surface area contributed by atoms with E-state index in [1.54, 1.807) is 6.07 Å². The molecule has 1 atom stereocenters. The van der Waals surface area contributed by atoms with Crippen molar-refractivity contribution in [2.75, 3.05) is 20.8 Å². The van der Waals surface area contributed by atoms with Gasteiger partial charge < -0.3 is 20.3 Å². The van der Waals surface area contributed by atoms with E-state index in [-0.39, 0.29) is 6.54 Å². The molecule has 0 spiro atoms. The smallest absolute Gasteiger partial charge is 0.141 e. The monoisotopic (exact) mass is 245 g/mol. The number of methoxy groups -OCH3 is 2. The highest BCUT2D eigenvalue weighted by molar-refractivity contribution is 6.33. The Morgan fingerprint density at radius 1 is 1.44 bits per heavy atom. The van der Waals surface area contributed by atoms with E-state index < -0.39 is 6.10 Å². The van der Waals surface area contributed by atoms with E-state index in [2.05, 4.69) is 0 Å².